The molecule has 29 heavy (non-hydrogen) atoms. The van der Waals surface area contributed by atoms with Crippen molar-refractivity contribution in [3.05, 3.63) is 34.6 Å². The zero-order chi connectivity index (χ0) is 20.8. The Bertz CT molecular complexity index is 988. The molecular weight excluding hydrogens is 412 g/mol. The van der Waals surface area contributed by atoms with E-state index in [0.29, 0.717) is 34.2 Å². The molecule has 0 atom stereocenters. The van der Waals surface area contributed by atoms with Crippen LogP contribution < -0.4 is 14.8 Å². The first-order valence-electron chi connectivity index (χ1n) is 8.93. The average molecular weight is 435 g/mol. The Kier molecular flexibility index (Phi) is 7.04. The molecule has 0 unspecified atom stereocenters. The van der Waals surface area contributed by atoms with Crippen LogP contribution in [-0.4, -0.2) is 43.2 Å². The maximum atomic E-state index is 12.1. The summed E-state index contributed by atoms with van der Waals surface area (Å²) < 4.78 is 13.3. The molecule has 0 saturated carbocycles. The van der Waals surface area contributed by atoms with Crippen molar-refractivity contribution >= 4 is 34.1 Å². The highest BCUT2D eigenvalue weighted by atomic mass is 32.2. The van der Waals surface area contributed by atoms with E-state index in [4.69, 9.17) is 9.47 Å². The van der Waals surface area contributed by atoms with Crippen LogP contribution in [-0.2, 0) is 18.4 Å². The number of nitrogens with one attached hydrogen (secondary N) is 1. The Labute approximate surface area is 176 Å². The van der Waals surface area contributed by atoms with Crippen molar-refractivity contribution in [3.63, 3.8) is 0 Å². The number of hydrogen-bond acceptors (Lipinski definition) is 9. The molecule has 3 aromatic rings. The standard InChI is InChI=1S/C18H22N6O3S2/c1-5-26-14-8-11(2)6-7-13(14)27-9-15-21-23-18(24(15)4)28-10-16(25)19-17-22-20-12(3)29-17/h6-8H,5,9-10H2,1-4H3,(H,19,22,25). The van der Waals surface area contributed by atoms with Gasteiger partial charge in [0.2, 0.25) is 11.0 Å². The molecule has 1 N–H and O–H groups in total. The van der Waals surface area contributed by atoms with E-state index in [1.807, 2.05) is 50.6 Å². The fourth-order valence-electron chi connectivity index (χ4n) is 2.37. The second-order valence-corrected chi connectivity index (χ2v) is 8.22. The molecule has 9 nitrogen and oxygen atoms in total. The fourth-order valence-corrected chi connectivity index (χ4v) is 3.71. The minimum absolute atomic E-state index is 0.173. The van der Waals surface area contributed by atoms with Crippen molar-refractivity contribution in [3.8, 4) is 11.5 Å². The molecule has 0 fully saturated rings. The van der Waals surface area contributed by atoms with Crippen LogP contribution in [0, 0.1) is 13.8 Å². The molecule has 2 heterocycles. The number of carbonyl (C=O) groups excluding carboxylic acids is 1. The number of thioether (sulfide) groups is 1. The number of aryl methyl sites for hydroxylation is 2. The molecule has 3 rings (SSSR count). The van der Waals surface area contributed by atoms with E-state index in [9.17, 15) is 4.79 Å². The normalized spacial score (nSPS) is 10.8. The van der Waals surface area contributed by atoms with Gasteiger partial charge in [-0.3, -0.25) is 10.1 Å². The summed E-state index contributed by atoms with van der Waals surface area (Å²) in [5.41, 5.74) is 1.10. The van der Waals surface area contributed by atoms with Gasteiger partial charge in [-0.25, -0.2) is 0 Å². The van der Waals surface area contributed by atoms with Crippen LogP contribution in [0.5, 0.6) is 11.5 Å². The molecule has 0 saturated heterocycles. The van der Waals surface area contributed by atoms with Crippen molar-refractivity contribution in [2.45, 2.75) is 32.5 Å². The lowest BCUT2D eigenvalue weighted by Crippen LogP contribution is -2.14. The lowest BCUT2D eigenvalue weighted by Gasteiger charge is -2.12. The Morgan fingerprint density at radius 3 is 2.72 bits per heavy atom. The third kappa shape index (κ3) is 5.67. The predicted octanol–water partition coefficient (Wildman–Crippen LogP) is 2.99. The molecule has 154 valence electrons. The Balaban J connectivity index is 1.56. The molecule has 0 aliphatic heterocycles. The summed E-state index contributed by atoms with van der Waals surface area (Å²) >= 11 is 2.62. The smallest absolute Gasteiger partial charge is 0.236 e. The van der Waals surface area contributed by atoms with Gasteiger partial charge in [0.05, 0.1) is 12.4 Å². The van der Waals surface area contributed by atoms with Gasteiger partial charge in [0.25, 0.3) is 0 Å². The Hall–Kier alpha value is -2.66. The number of ether oxygens (including phenoxy) is 2. The van der Waals surface area contributed by atoms with Gasteiger partial charge in [0.1, 0.15) is 11.6 Å². The number of hydrogen-bond donors (Lipinski definition) is 1. The molecule has 0 radical (unpaired) electrons. The minimum atomic E-state index is -0.173. The van der Waals surface area contributed by atoms with Crippen LogP contribution in [0.25, 0.3) is 0 Å². The number of amides is 1. The van der Waals surface area contributed by atoms with Gasteiger partial charge >= 0.3 is 0 Å². The number of nitrogens with zero attached hydrogens (tertiary/aromatic N) is 5. The lowest BCUT2D eigenvalue weighted by atomic mass is 10.2. The number of anilines is 1. The molecule has 0 aliphatic carbocycles. The van der Waals surface area contributed by atoms with Crippen LogP contribution in [0.4, 0.5) is 5.13 Å². The zero-order valence-electron chi connectivity index (χ0n) is 16.6. The molecule has 0 spiro atoms. The minimum Gasteiger partial charge on any atom is -0.490 e. The van der Waals surface area contributed by atoms with Gasteiger partial charge in [-0.2, -0.15) is 0 Å². The van der Waals surface area contributed by atoms with Crippen LogP contribution >= 0.6 is 23.1 Å². The summed E-state index contributed by atoms with van der Waals surface area (Å²) in [6, 6.07) is 5.79. The summed E-state index contributed by atoms with van der Waals surface area (Å²) in [6.07, 6.45) is 0. The number of aromatic nitrogens is 5. The SMILES string of the molecule is CCOc1cc(C)ccc1OCc1nnc(SCC(=O)Nc2nnc(C)s2)n1C. The Morgan fingerprint density at radius 1 is 1.17 bits per heavy atom. The third-order valence-electron chi connectivity index (χ3n) is 3.79. The molecule has 0 bridgehead atoms. The monoisotopic (exact) mass is 434 g/mol. The van der Waals surface area contributed by atoms with Crippen LogP contribution in [0.15, 0.2) is 23.4 Å². The maximum Gasteiger partial charge on any atom is 0.236 e. The second-order valence-electron chi connectivity index (χ2n) is 6.09. The highest BCUT2D eigenvalue weighted by molar-refractivity contribution is 7.99. The summed E-state index contributed by atoms with van der Waals surface area (Å²) in [7, 11) is 1.84. The first kappa shape index (κ1) is 21.1. The molecule has 1 amide bonds. The van der Waals surface area contributed by atoms with E-state index < -0.39 is 0 Å². The quantitative estimate of drug-likeness (QED) is 0.513. The van der Waals surface area contributed by atoms with Crippen molar-refractivity contribution < 1.29 is 14.3 Å². The average Bonchev–Trinajstić information content (AvgIpc) is 3.25. The van der Waals surface area contributed by atoms with E-state index >= 15 is 0 Å². The van der Waals surface area contributed by atoms with Crippen molar-refractivity contribution in [1.29, 1.82) is 0 Å². The first-order chi connectivity index (χ1) is 14.0. The van der Waals surface area contributed by atoms with Gasteiger partial charge in [-0.15, -0.1) is 20.4 Å². The highest BCUT2D eigenvalue weighted by Crippen LogP contribution is 2.29. The number of benzene rings is 1. The Morgan fingerprint density at radius 2 is 2.00 bits per heavy atom. The highest BCUT2D eigenvalue weighted by Gasteiger charge is 2.14. The van der Waals surface area contributed by atoms with Gasteiger partial charge in [-0.05, 0) is 38.5 Å². The molecular formula is C18H22N6O3S2. The fraction of sp³-hybridized carbons (Fsp3) is 0.389. The van der Waals surface area contributed by atoms with Gasteiger partial charge in [-0.1, -0.05) is 29.2 Å². The van der Waals surface area contributed by atoms with E-state index in [0.717, 1.165) is 10.6 Å². The van der Waals surface area contributed by atoms with Gasteiger partial charge in [0, 0.05) is 7.05 Å². The predicted molar refractivity (Wildman–Crippen MR) is 112 cm³/mol. The molecule has 0 aliphatic rings. The van der Waals surface area contributed by atoms with Crippen LogP contribution in [0.2, 0.25) is 0 Å². The van der Waals surface area contributed by atoms with Crippen LogP contribution in [0.3, 0.4) is 0 Å². The van der Waals surface area contributed by atoms with Crippen molar-refractivity contribution in [1.82, 2.24) is 25.0 Å². The zero-order valence-corrected chi connectivity index (χ0v) is 18.3. The summed E-state index contributed by atoms with van der Waals surface area (Å²) in [5.74, 6) is 2.02. The number of carbonyl (C=O) groups is 1. The number of rotatable bonds is 9. The maximum absolute atomic E-state index is 12.1. The molecule has 1 aromatic carbocycles. The topological polar surface area (TPSA) is 104 Å². The summed E-state index contributed by atoms with van der Waals surface area (Å²) in [5, 5.41) is 20.7. The van der Waals surface area contributed by atoms with Crippen molar-refractivity contribution in [2.24, 2.45) is 7.05 Å². The van der Waals surface area contributed by atoms with Crippen LogP contribution in [0.1, 0.15) is 23.3 Å². The van der Waals surface area contributed by atoms with Gasteiger partial charge < -0.3 is 14.0 Å². The van der Waals surface area contributed by atoms with E-state index in [1.165, 1.54) is 23.1 Å². The van der Waals surface area contributed by atoms with E-state index in [-0.39, 0.29) is 18.3 Å². The molecule has 2 aromatic heterocycles. The van der Waals surface area contributed by atoms with E-state index in [1.54, 1.807) is 0 Å². The molecule has 11 heteroatoms. The van der Waals surface area contributed by atoms with E-state index in [2.05, 4.69) is 25.7 Å². The summed E-state index contributed by atoms with van der Waals surface area (Å²) in [4.78, 5) is 12.1. The lowest BCUT2D eigenvalue weighted by molar-refractivity contribution is -0.113. The van der Waals surface area contributed by atoms with Gasteiger partial charge in [0.15, 0.2) is 22.5 Å². The third-order valence-corrected chi connectivity index (χ3v) is 5.56. The van der Waals surface area contributed by atoms with Crippen molar-refractivity contribution in [2.75, 3.05) is 17.7 Å². The first-order valence-corrected chi connectivity index (χ1v) is 10.7. The second kappa shape index (κ2) is 9.70. The summed E-state index contributed by atoms with van der Waals surface area (Å²) in [6.45, 7) is 6.56. The largest absolute Gasteiger partial charge is 0.490 e.